The van der Waals surface area contributed by atoms with E-state index in [9.17, 15) is 5.11 Å². The monoisotopic (exact) mass is 349 g/mol. The Balaban J connectivity index is 1.42. The third-order valence-corrected chi connectivity index (χ3v) is 6.09. The van der Waals surface area contributed by atoms with Crippen molar-refractivity contribution >= 4 is 0 Å². The molecule has 1 saturated carbocycles. The van der Waals surface area contributed by atoms with E-state index < -0.39 is 0 Å². The fraction of sp³-hybridized carbons (Fsp3) is 0.700. The molecule has 0 bridgehead atoms. The van der Waals surface area contributed by atoms with E-state index in [0.717, 1.165) is 38.2 Å². The van der Waals surface area contributed by atoms with Crippen LogP contribution in [0, 0.1) is 19.3 Å². The number of hydrogen-bond acceptors (Lipinski definition) is 5. The number of ether oxygens (including phenoxy) is 2. The Bertz CT molecular complexity index is 569. The number of hydrogen-bond donors (Lipinski definition) is 2. The number of nitrogens with zero attached hydrogens (tertiary/aromatic N) is 1. The van der Waals surface area contributed by atoms with E-state index in [2.05, 4.69) is 30.9 Å². The first-order valence-electron chi connectivity index (χ1n) is 9.38. The van der Waals surface area contributed by atoms with Crippen LogP contribution in [0.1, 0.15) is 30.4 Å². The standard InChI is InChI=1S/C20H31NO4/c1-15-3-4-17(13-16(15)2)24-11-9-21-7-5-20(6-8-21)18(23)14-19(20)25-12-10-22/h3-4,13,18-19,22-23H,5-12,14H2,1-2H3/t18-,19+/m1/s1. The zero-order valence-electron chi connectivity index (χ0n) is 15.4. The van der Waals surface area contributed by atoms with Crippen LogP contribution < -0.4 is 4.74 Å². The van der Waals surface area contributed by atoms with E-state index >= 15 is 0 Å². The molecule has 1 aromatic rings. The van der Waals surface area contributed by atoms with Gasteiger partial charge in [-0.2, -0.15) is 0 Å². The molecule has 3 rings (SSSR count). The number of rotatable bonds is 7. The lowest BCUT2D eigenvalue weighted by Crippen LogP contribution is -2.62. The number of piperidine rings is 1. The normalized spacial score (nSPS) is 25.8. The molecule has 2 fully saturated rings. The lowest BCUT2D eigenvalue weighted by atomic mass is 9.58. The lowest BCUT2D eigenvalue weighted by molar-refractivity contribution is -0.213. The summed E-state index contributed by atoms with van der Waals surface area (Å²) in [7, 11) is 0. The highest BCUT2D eigenvalue weighted by Crippen LogP contribution is 2.50. The molecule has 5 nitrogen and oxygen atoms in total. The maximum absolute atomic E-state index is 10.3. The largest absolute Gasteiger partial charge is 0.492 e. The smallest absolute Gasteiger partial charge is 0.119 e. The van der Waals surface area contributed by atoms with Crippen LogP contribution >= 0.6 is 0 Å². The van der Waals surface area contributed by atoms with Crippen molar-refractivity contribution in [3.63, 3.8) is 0 Å². The molecule has 0 aromatic heterocycles. The topological polar surface area (TPSA) is 62.2 Å². The Hall–Kier alpha value is -1.14. The van der Waals surface area contributed by atoms with Crippen LogP contribution in [0.2, 0.25) is 0 Å². The van der Waals surface area contributed by atoms with Gasteiger partial charge in [-0.25, -0.2) is 0 Å². The van der Waals surface area contributed by atoms with Gasteiger partial charge in [0.25, 0.3) is 0 Å². The first kappa shape index (κ1) is 18.6. The van der Waals surface area contributed by atoms with E-state index in [1.807, 2.05) is 6.07 Å². The van der Waals surface area contributed by atoms with Gasteiger partial charge in [0.15, 0.2) is 0 Å². The summed E-state index contributed by atoms with van der Waals surface area (Å²) in [5.41, 5.74) is 2.44. The van der Waals surface area contributed by atoms with Gasteiger partial charge in [0.05, 0.1) is 25.4 Å². The maximum atomic E-state index is 10.3. The van der Waals surface area contributed by atoms with E-state index in [1.54, 1.807) is 0 Å². The fourth-order valence-electron chi connectivity index (χ4n) is 4.10. The van der Waals surface area contributed by atoms with Crippen molar-refractivity contribution < 1.29 is 19.7 Å². The second kappa shape index (κ2) is 8.04. The van der Waals surface area contributed by atoms with Crippen molar-refractivity contribution in [1.82, 2.24) is 4.90 Å². The summed E-state index contributed by atoms with van der Waals surface area (Å²) in [6, 6.07) is 6.22. The molecule has 2 aliphatic rings. The molecule has 140 valence electrons. The molecule has 0 radical (unpaired) electrons. The average molecular weight is 349 g/mol. The molecule has 1 aliphatic heterocycles. The maximum Gasteiger partial charge on any atom is 0.119 e. The summed E-state index contributed by atoms with van der Waals surface area (Å²) in [4.78, 5) is 2.40. The highest BCUT2D eigenvalue weighted by Gasteiger charge is 2.55. The number of likely N-dealkylation sites (tertiary alicyclic amines) is 1. The number of aryl methyl sites for hydroxylation is 2. The van der Waals surface area contributed by atoms with Gasteiger partial charge in [-0.15, -0.1) is 0 Å². The molecule has 1 aromatic carbocycles. The fourth-order valence-corrected chi connectivity index (χ4v) is 4.10. The van der Waals surface area contributed by atoms with Crippen molar-refractivity contribution in [3.8, 4) is 5.75 Å². The number of aliphatic hydroxyl groups is 2. The van der Waals surface area contributed by atoms with E-state index in [1.165, 1.54) is 11.1 Å². The van der Waals surface area contributed by atoms with Crippen LogP contribution in [-0.2, 0) is 4.74 Å². The van der Waals surface area contributed by atoms with Gasteiger partial charge in [-0.1, -0.05) is 6.07 Å². The second-order valence-electron chi connectivity index (χ2n) is 7.50. The zero-order valence-corrected chi connectivity index (χ0v) is 15.4. The molecule has 2 N–H and O–H groups in total. The van der Waals surface area contributed by atoms with Gasteiger partial charge in [0.1, 0.15) is 12.4 Å². The van der Waals surface area contributed by atoms with Crippen LogP contribution in [0.3, 0.4) is 0 Å². The summed E-state index contributed by atoms with van der Waals surface area (Å²) < 4.78 is 11.6. The van der Waals surface area contributed by atoms with Gasteiger partial charge in [0, 0.05) is 18.4 Å². The van der Waals surface area contributed by atoms with Gasteiger partial charge in [-0.05, 0) is 63.0 Å². The summed E-state index contributed by atoms with van der Waals surface area (Å²) >= 11 is 0. The number of aliphatic hydroxyl groups excluding tert-OH is 2. The van der Waals surface area contributed by atoms with E-state index in [4.69, 9.17) is 14.6 Å². The zero-order chi connectivity index (χ0) is 17.9. The Morgan fingerprint density at radius 2 is 1.92 bits per heavy atom. The molecule has 5 heteroatoms. The summed E-state index contributed by atoms with van der Waals surface area (Å²) in [5, 5.41) is 19.2. The van der Waals surface area contributed by atoms with Crippen LogP contribution in [-0.4, -0.2) is 66.8 Å². The van der Waals surface area contributed by atoms with Gasteiger partial charge < -0.3 is 19.7 Å². The lowest BCUT2D eigenvalue weighted by Gasteiger charge is -2.56. The number of benzene rings is 1. The van der Waals surface area contributed by atoms with Crippen LogP contribution in [0.15, 0.2) is 18.2 Å². The summed E-state index contributed by atoms with van der Waals surface area (Å²) in [5.74, 6) is 0.934. The Labute approximate surface area is 150 Å². The molecular weight excluding hydrogens is 318 g/mol. The second-order valence-corrected chi connectivity index (χ2v) is 7.50. The molecule has 25 heavy (non-hydrogen) atoms. The molecule has 1 saturated heterocycles. The summed E-state index contributed by atoms with van der Waals surface area (Å²) in [6.45, 7) is 8.14. The molecular formula is C20H31NO4. The third kappa shape index (κ3) is 4.00. The van der Waals surface area contributed by atoms with Crippen molar-refractivity contribution in [1.29, 1.82) is 0 Å². The minimum Gasteiger partial charge on any atom is -0.492 e. The molecule has 1 heterocycles. The SMILES string of the molecule is Cc1ccc(OCCN2CCC3(CC2)[C@H](O)C[C@@H]3OCCO)cc1C. The molecule has 0 unspecified atom stereocenters. The first-order chi connectivity index (χ1) is 12.0. The molecule has 1 aliphatic carbocycles. The Morgan fingerprint density at radius 1 is 1.16 bits per heavy atom. The van der Waals surface area contributed by atoms with E-state index in [0.29, 0.717) is 19.6 Å². The van der Waals surface area contributed by atoms with Gasteiger partial charge in [-0.3, -0.25) is 4.90 Å². The van der Waals surface area contributed by atoms with Gasteiger partial charge >= 0.3 is 0 Å². The highest BCUT2D eigenvalue weighted by molar-refractivity contribution is 5.33. The van der Waals surface area contributed by atoms with Crippen LogP contribution in [0.25, 0.3) is 0 Å². The highest BCUT2D eigenvalue weighted by atomic mass is 16.5. The molecule has 2 atom stereocenters. The minimum atomic E-state index is -0.259. The third-order valence-electron chi connectivity index (χ3n) is 6.09. The minimum absolute atomic E-state index is 0.0463. The predicted octanol–water partition coefficient (Wildman–Crippen LogP) is 1.91. The average Bonchev–Trinajstić information content (AvgIpc) is 2.62. The van der Waals surface area contributed by atoms with Crippen molar-refractivity contribution in [2.75, 3.05) is 39.5 Å². The van der Waals surface area contributed by atoms with Crippen LogP contribution in [0.4, 0.5) is 0 Å². The Morgan fingerprint density at radius 3 is 2.56 bits per heavy atom. The summed E-state index contributed by atoms with van der Waals surface area (Å²) in [6.07, 6.45) is 2.45. The van der Waals surface area contributed by atoms with Gasteiger partial charge in [0.2, 0.25) is 0 Å². The van der Waals surface area contributed by atoms with E-state index in [-0.39, 0.29) is 24.2 Å². The quantitative estimate of drug-likeness (QED) is 0.787. The van der Waals surface area contributed by atoms with Crippen molar-refractivity contribution in [2.24, 2.45) is 5.41 Å². The predicted molar refractivity (Wildman–Crippen MR) is 97.0 cm³/mol. The Kier molecular flexibility index (Phi) is 6.00. The molecule has 1 spiro atoms. The van der Waals surface area contributed by atoms with Crippen LogP contribution in [0.5, 0.6) is 5.75 Å². The first-order valence-corrected chi connectivity index (χ1v) is 9.38. The van der Waals surface area contributed by atoms with Crippen molar-refractivity contribution in [3.05, 3.63) is 29.3 Å². The molecule has 0 amide bonds. The van der Waals surface area contributed by atoms with Crippen molar-refractivity contribution in [2.45, 2.75) is 45.3 Å².